The summed E-state index contributed by atoms with van der Waals surface area (Å²) in [6, 6.07) is 9.14. The van der Waals surface area contributed by atoms with Gasteiger partial charge in [0.2, 0.25) is 5.76 Å². The Kier molecular flexibility index (Phi) is 4.20. The summed E-state index contributed by atoms with van der Waals surface area (Å²) >= 11 is 0. The maximum atomic E-state index is 11.6. The van der Waals surface area contributed by atoms with Crippen molar-refractivity contribution in [1.82, 2.24) is 5.32 Å². The van der Waals surface area contributed by atoms with E-state index in [-0.39, 0.29) is 18.2 Å². The molecule has 1 atom stereocenters. The van der Waals surface area contributed by atoms with Gasteiger partial charge in [0.25, 0.3) is 5.91 Å². The molecule has 1 unspecified atom stereocenters. The van der Waals surface area contributed by atoms with Gasteiger partial charge in [-0.15, -0.1) is 0 Å². The number of aliphatic hydroxyl groups is 1. The van der Waals surface area contributed by atoms with Crippen molar-refractivity contribution in [1.29, 1.82) is 0 Å². The lowest BCUT2D eigenvalue weighted by Crippen LogP contribution is -2.31. The normalized spacial score (nSPS) is 15.9. The predicted molar refractivity (Wildman–Crippen MR) is 64.4 cm³/mol. The quantitative estimate of drug-likeness (QED) is 0.825. The molecule has 2 rings (SSSR count). The van der Waals surface area contributed by atoms with Crippen LogP contribution in [0.4, 0.5) is 0 Å². The smallest absolute Gasteiger partial charge is 0.289 e. The first kappa shape index (κ1) is 12.4. The number of nitrogens with one attached hydrogen (secondary N) is 1. The van der Waals surface area contributed by atoms with Crippen molar-refractivity contribution in [3.63, 3.8) is 0 Å². The molecule has 5 heteroatoms. The minimum Gasteiger partial charge on any atom is -0.494 e. The summed E-state index contributed by atoms with van der Waals surface area (Å²) in [6.07, 6.45) is 0.550. The molecule has 0 radical (unpaired) electrons. The van der Waals surface area contributed by atoms with Gasteiger partial charge >= 0.3 is 0 Å². The highest BCUT2D eigenvalue weighted by Crippen LogP contribution is 2.11. The zero-order chi connectivity index (χ0) is 12.8. The second-order valence-corrected chi connectivity index (χ2v) is 3.84. The Morgan fingerprint density at radius 1 is 1.33 bits per heavy atom. The van der Waals surface area contributed by atoms with Gasteiger partial charge in [-0.05, 0) is 5.56 Å². The molecule has 96 valence electrons. The minimum absolute atomic E-state index is 0.129. The van der Waals surface area contributed by atoms with Crippen molar-refractivity contribution in [2.75, 3.05) is 19.8 Å². The Balaban J connectivity index is 1.84. The van der Waals surface area contributed by atoms with Crippen molar-refractivity contribution in [3.8, 4) is 0 Å². The molecule has 0 aromatic heterocycles. The molecular weight excluding hydrogens is 234 g/mol. The van der Waals surface area contributed by atoms with Gasteiger partial charge in [0.1, 0.15) is 19.5 Å². The van der Waals surface area contributed by atoms with Crippen LogP contribution in [0.25, 0.3) is 0 Å². The molecule has 0 saturated heterocycles. The van der Waals surface area contributed by atoms with Gasteiger partial charge in [-0.1, -0.05) is 30.3 Å². The fourth-order valence-corrected chi connectivity index (χ4v) is 1.56. The summed E-state index contributed by atoms with van der Waals surface area (Å²) in [5, 5.41) is 12.4. The molecule has 0 fully saturated rings. The predicted octanol–water partition coefficient (Wildman–Crippen LogP) is 0.724. The van der Waals surface area contributed by atoms with E-state index in [1.54, 1.807) is 12.1 Å². The van der Waals surface area contributed by atoms with Gasteiger partial charge in [-0.3, -0.25) is 4.79 Å². The number of carbonyl (C=O) groups is 1. The van der Waals surface area contributed by atoms with Gasteiger partial charge < -0.3 is 19.9 Å². The average Bonchev–Trinajstić information content (AvgIpc) is 2.46. The first-order valence-corrected chi connectivity index (χ1v) is 5.73. The molecule has 0 aliphatic carbocycles. The summed E-state index contributed by atoms with van der Waals surface area (Å²) in [5.74, 6) is -0.244. The molecule has 1 aliphatic heterocycles. The Labute approximate surface area is 105 Å². The van der Waals surface area contributed by atoms with Crippen molar-refractivity contribution in [3.05, 3.63) is 47.9 Å². The zero-order valence-electron chi connectivity index (χ0n) is 9.83. The highest BCUT2D eigenvalue weighted by Gasteiger charge is 2.16. The molecule has 1 aromatic rings. The summed E-state index contributed by atoms with van der Waals surface area (Å²) < 4.78 is 10.1. The van der Waals surface area contributed by atoms with E-state index in [1.807, 2.05) is 18.2 Å². The number of aliphatic hydroxyl groups excluding tert-OH is 1. The van der Waals surface area contributed by atoms with E-state index in [1.165, 1.54) is 6.26 Å². The van der Waals surface area contributed by atoms with Gasteiger partial charge in [0, 0.05) is 6.54 Å². The Hall–Kier alpha value is -2.01. The number of ether oxygens (including phenoxy) is 2. The van der Waals surface area contributed by atoms with Crippen LogP contribution < -0.4 is 5.32 Å². The van der Waals surface area contributed by atoms with Crippen LogP contribution in [0.15, 0.2) is 42.4 Å². The van der Waals surface area contributed by atoms with Gasteiger partial charge in [0.15, 0.2) is 0 Å². The second kappa shape index (κ2) is 6.07. The van der Waals surface area contributed by atoms with Crippen LogP contribution in [0, 0.1) is 0 Å². The molecule has 0 saturated carbocycles. The number of benzene rings is 1. The van der Waals surface area contributed by atoms with Crippen molar-refractivity contribution < 1.29 is 19.4 Å². The van der Waals surface area contributed by atoms with Crippen LogP contribution in [-0.4, -0.2) is 30.8 Å². The van der Waals surface area contributed by atoms with Crippen LogP contribution in [-0.2, 0) is 14.3 Å². The summed E-state index contributed by atoms with van der Waals surface area (Å²) in [6.45, 7) is 0.938. The maximum absolute atomic E-state index is 11.6. The van der Waals surface area contributed by atoms with E-state index in [0.29, 0.717) is 13.2 Å². The topological polar surface area (TPSA) is 67.8 Å². The Morgan fingerprint density at radius 2 is 2.11 bits per heavy atom. The summed E-state index contributed by atoms with van der Waals surface area (Å²) in [4.78, 5) is 11.6. The molecule has 2 N–H and O–H groups in total. The number of carbonyl (C=O) groups excluding carboxylic acids is 1. The van der Waals surface area contributed by atoms with E-state index in [4.69, 9.17) is 9.47 Å². The van der Waals surface area contributed by atoms with Crippen LogP contribution in [0.3, 0.4) is 0 Å². The van der Waals surface area contributed by atoms with Crippen LogP contribution in [0.1, 0.15) is 11.7 Å². The van der Waals surface area contributed by atoms with Crippen LogP contribution in [0.2, 0.25) is 0 Å². The van der Waals surface area contributed by atoms with Gasteiger partial charge in [-0.25, -0.2) is 0 Å². The molecule has 0 spiro atoms. The highest BCUT2D eigenvalue weighted by atomic mass is 16.6. The number of rotatable bonds is 4. The molecule has 1 amide bonds. The minimum atomic E-state index is -0.736. The van der Waals surface area contributed by atoms with Gasteiger partial charge in [-0.2, -0.15) is 0 Å². The van der Waals surface area contributed by atoms with Gasteiger partial charge in [0.05, 0.1) is 6.10 Å². The third-order valence-corrected chi connectivity index (χ3v) is 2.51. The standard InChI is InChI=1S/C13H15NO4/c15-11(10-4-2-1-3-5-10)8-14-13(16)12-9-17-6-7-18-12/h1-5,9,11,15H,6-8H2,(H,14,16). The zero-order valence-corrected chi connectivity index (χ0v) is 9.83. The largest absolute Gasteiger partial charge is 0.494 e. The number of hydrogen-bond acceptors (Lipinski definition) is 4. The number of hydrogen-bond donors (Lipinski definition) is 2. The highest BCUT2D eigenvalue weighted by molar-refractivity contribution is 5.91. The van der Waals surface area contributed by atoms with E-state index < -0.39 is 6.10 Å². The van der Waals surface area contributed by atoms with Crippen molar-refractivity contribution in [2.45, 2.75) is 6.10 Å². The van der Waals surface area contributed by atoms with Crippen molar-refractivity contribution >= 4 is 5.91 Å². The Morgan fingerprint density at radius 3 is 2.78 bits per heavy atom. The van der Waals surface area contributed by atoms with E-state index in [0.717, 1.165) is 5.56 Å². The summed E-state index contributed by atoms with van der Waals surface area (Å²) in [7, 11) is 0. The molecule has 0 bridgehead atoms. The lowest BCUT2D eigenvalue weighted by Gasteiger charge is -2.16. The lowest BCUT2D eigenvalue weighted by atomic mass is 10.1. The van der Waals surface area contributed by atoms with E-state index in [9.17, 15) is 9.90 Å². The first-order valence-electron chi connectivity index (χ1n) is 5.73. The van der Waals surface area contributed by atoms with E-state index >= 15 is 0 Å². The lowest BCUT2D eigenvalue weighted by molar-refractivity contribution is -0.122. The summed E-state index contributed by atoms with van der Waals surface area (Å²) in [5.41, 5.74) is 0.757. The molecule has 1 aliphatic rings. The maximum Gasteiger partial charge on any atom is 0.289 e. The molecule has 1 heterocycles. The second-order valence-electron chi connectivity index (χ2n) is 3.84. The van der Waals surface area contributed by atoms with E-state index in [2.05, 4.69) is 5.32 Å². The molecule has 18 heavy (non-hydrogen) atoms. The monoisotopic (exact) mass is 249 g/mol. The third-order valence-electron chi connectivity index (χ3n) is 2.51. The third kappa shape index (κ3) is 3.24. The SMILES string of the molecule is O=C(NCC(O)c1ccccc1)C1=COCCO1. The fourth-order valence-electron chi connectivity index (χ4n) is 1.56. The molecule has 1 aromatic carbocycles. The fraction of sp³-hybridized carbons (Fsp3) is 0.308. The first-order chi connectivity index (χ1) is 8.77. The van der Waals surface area contributed by atoms with Crippen LogP contribution >= 0.6 is 0 Å². The number of amides is 1. The Bertz CT molecular complexity index is 430. The molecular formula is C13H15NO4. The van der Waals surface area contributed by atoms with Crippen molar-refractivity contribution in [2.24, 2.45) is 0 Å². The molecule has 5 nitrogen and oxygen atoms in total. The average molecular weight is 249 g/mol. The van der Waals surface area contributed by atoms with Crippen LogP contribution in [0.5, 0.6) is 0 Å².